The number of carboxylic acids is 1. The van der Waals surface area contributed by atoms with Crippen LogP contribution in [-0.4, -0.2) is 21.7 Å². The van der Waals surface area contributed by atoms with Gasteiger partial charge < -0.3 is 15.2 Å². The van der Waals surface area contributed by atoms with E-state index in [0.717, 1.165) is 28.6 Å². The molecule has 3 aromatic rings. The molecule has 1 heterocycles. The molecule has 0 saturated carbocycles. The zero-order valence-corrected chi connectivity index (χ0v) is 13.8. The molecule has 130 valence electrons. The molecule has 1 amide bonds. The molecular formula is C20H16N3O3-. The Kier molecular flexibility index (Phi) is 5.24. The van der Waals surface area contributed by atoms with Gasteiger partial charge in [-0.15, -0.1) is 0 Å². The highest BCUT2D eigenvalue weighted by Crippen LogP contribution is 2.23. The number of carbonyl (C=O) groups is 2. The summed E-state index contributed by atoms with van der Waals surface area (Å²) >= 11 is 0. The Balaban J connectivity index is 1.89. The van der Waals surface area contributed by atoms with E-state index in [1.54, 1.807) is 4.68 Å². The van der Waals surface area contributed by atoms with Crippen molar-refractivity contribution in [2.24, 2.45) is 0 Å². The lowest BCUT2D eigenvalue weighted by Gasteiger charge is -2.03. The second-order valence-electron chi connectivity index (χ2n) is 5.52. The van der Waals surface area contributed by atoms with Crippen LogP contribution in [0.3, 0.4) is 0 Å². The number of nitrogens with one attached hydrogen (secondary N) is 1. The molecule has 2 aromatic carbocycles. The van der Waals surface area contributed by atoms with Gasteiger partial charge in [0.15, 0.2) is 0 Å². The largest absolute Gasteiger partial charge is 0.545 e. The third-order valence-corrected chi connectivity index (χ3v) is 3.68. The molecule has 6 heteroatoms. The van der Waals surface area contributed by atoms with Crippen molar-refractivity contribution in [2.75, 3.05) is 0 Å². The Morgan fingerprint density at radius 2 is 1.65 bits per heavy atom. The van der Waals surface area contributed by atoms with Gasteiger partial charge in [-0.25, -0.2) is 4.68 Å². The van der Waals surface area contributed by atoms with Gasteiger partial charge >= 0.3 is 0 Å². The Labute approximate surface area is 150 Å². The van der Waals surface area contributed by atoms with Crippen molar-refractivity contribution < 1.29 is 14.7 Å². The number of aliphatic carboxylic acids is 1. The van der Waals surface area contributed by atoms with Gasteiger partial charge in [0, 0.05) is 29.9 Å². The fourth-order valence-electron chi connectivity index (χ4n) is 2.48. The van der Waals surface area contributed by atoms with Crippen LogP contribution in [0.5, 0.6) is 0 Å². The van der Waals surface area contributed by atoms with Crippen LogP contribution in [0.15, 0.2) is 79.0 Å². The van der Waals surface area contributed by atoms with E-state index in [4.69, 9.17) is 0 Å². The lowest BCUT2D eigenvalue weighted by Crippen LogP contribution is -2.23. The summed E-state index contributed by atoms with van der Waals surface area (Å²) in [5.41, 5.74) is 3.39. The number of hydrogen-bond acceptors (Lipinski definition) is 4. The van der Waals surface area contributed by atoms with Crippen LogP contribution in [0.1, 0.15) is 5.56 Å². The van der Waals surface area contributed by atoms with Crippen LogP contribution in [0, 0.1) is 0 Å². The molecule has 3 rings (SSSR count). The van der Waals surface area contributed by atoms with Crippen LogP contribution in [0.25, 0.3) is 16.9 Å². The number of aromatic nitrogens is 2. The minimum absolute atomic E-state index is 0.216. The Morgan fingerprint density at radius 1 is 1.00 bits per heavy atom. The van der Waals surface area contributed by atoms with E-state index in [9.17, 15) is 14.7 Å². The molecule has 0 saturated heterocycles. The lowest BCUT2D eigenvalue weighted by molar-refractivity contribution is -0.297. The van der Waals surface area contributed by atoms with Crippen molar-refractivity contribution in [1.29, 1.82) is 0 Å². The van der Waals surface area contributed by atoms with Gasteiger partial charge in [-0.3, -0.25) is 4.79 Å². The van der Waals surface area contributed by atoms with E-state index < -0.39 is 11.9 Å². The molecule has 0 bridgehead atoms. The summed E-state index contributed by atoms with van der Waals surface area (Å²) in [4.78, 5) is 22.1. The maximum absolute atomic E-state index is 11.7. The molecule has 0 aliphatic carbocycles. The van der Waals surface area contributed by atoms with E-state index in [1.807, 2.05) is 66.9 Å². The molecule has 0 aliphatic rings. The molecular weight excluding hydrogens is 330 g/mol. The van der Waals surface area contributed by atoms with E-state index >= 15 is 0 Å². The lowest BCUT2D eigenvalue weighted by atomic mass is 10.1. The average molecular weight is 346 g/mol. The number of carboxylic acid groups (broad SMARTS) is 1. The first-order valence-corrected chi connectivity index (χ1v) is 8.00. The zero-order chi connectivity index (χ0) is 18.4. The normalized spacial score (nSPS) is 10.8. The molecule has 0 aliphatic heterocycles. The monoisotopic (exact) mass is 346 g/mol. The van der Waals surface area contributed by atoms with Crippen molar-refractivity contribution in [3.05, 3.63) is 84.6 Å². The van der Waals surface area contributed by atoms with Crippen molar-refractivity contribution >= 4 is 11.9 Å². The van der Waals surface area contributed by atoms with Gasteiger partial charge in [0.2, 0.25) is 5.91 Å². The molecule has 0 spiro atoms. The first-order chi connectivity index (χ1) is 12.6. The predicted molar refractivity (Wildman–Crippen MR) is 95.0 cm³/mol. The molecule has 0 fully saturated rings. The minimum Gasteiger partial charge on any atom is -0.545 e. The van der Waals surface area contributed by atoms with Gasteiger partial charge in [0.05, 0.1) is 17.4 Å². The standard InChI is InChI=1S/C20H17N3O3/c24-18(11-12-19(25)26)21-13-16-14-23(17-9-5-2-6-10-17)22-20(16)15-7-3-1-4-8-15/h1-12,14H,13H2,(H,21,24)(H,25,26)/p-1/b12-11+. The number of nitrogens with zero attached hydrogens (tertiary/aromatic N) is 2. The van der Waals surface area contributed by atoms with Gasteiger partial charge in [-0.1, -0.05) is 48.5 Å². The molecule has 1 aromatic heterocycles. The topological polar surface area (TPSA) is 87.0 Å². The fourth-order valence-corrected chi connectivity index (χ4v) is 2.48. The summed E-state index contributed by atoms with van der Waals surface area (Å²) in [6.07, 6.45) is 3.47. The Morgan fingerprint density at radius 3 is 2.31 bits per heavy atom. The van der Waals surface area contributed by atoms with Crippen molar-refractivity contribution in [1.82, 2.24) is 15.1 Å². The molecule has 1 N–H and O–H groups in total. The maximum atomic E-state index is 11.7. The van der Waals surface area contributed by atoms with Crippen LogP contribution in [0.4, 0.5) is 0 Å². The highest BCUT2D eigenvalue weighted by atomic mass is 16.4. The number of carbonyl (C=O) groups excluding carboxylic acids is 2. The number of benzene rings is 2. The quantitative estimate of drug-likeness (QED) is 0.685. The Hall–Kier alpha value is -3.67. The first kappa shape index (κ1) is 17.2. The highest BCUT2D eigenvalue weighted by Gasteiger charge is 2.12. The van der Waals surface area contributed by atoms with Gasteiger partial charge in [0.25, 0.3) is 0 Å². The van der Waals surface area contributed by atoms with Gasteiger partial charge in [-0.05, 0) is 18.2 Å². The van der Waals surface area contributed by atoms with Crippen LogP contribution in [0.2, 0.25) is 0 Å². The van der Waals surface area contributed by atoms with E-state index in [1.165, 1.54) is 0 Å². The third kappa shape index (κ3) is 4.24. The molecule has 26 heavy (non-hydrogen) atoms. The molecule has 0 unspecified atom stereocenters. The fraction of sp³-hybridized carbons (Fsp3) is 0.0500. The second-order valence-corrected chi connectivity index (χ2v) is 5.52. The highest BCUT2D eigenvalue weighted by molar-refractivity contribution is 5.93. The van der Waals surface area contributed by atoms with E-state index in [-0.39, 0.29) is 6.54 Å². The van der Waals surface area contributed by atoms with Crippen molar-refractivity contribution in [2.45, 2.75) is 6.54 Å². The first-order valence-electron chi connectivity index (χ1n) is 8.00. The summed E-state index contributed by atoms with van der Waals surface area (Å²) in [5.74, 6) is -1.93. The smallest absolute Gasteiger partial charge is 0.244 e. The van der Waals surface area contributed by atoms with Crippen LogP contribution < -0.4 is 10.4 Å². The average Bonchev–Trinajstić information content (AvgIpc) is 3.10. The van der Waals surface area contributed by atoms with Crippen LogP contribution in [-0.2, 0) is 16.1 Å². The number of amides is 1. The number of para-hydroxylation sites is 1. The van der Waals surface area contributed by atoms with Crippen molar-refractivity contribution in [3.63, 3.8) is 0 Å². The minimum atomic E-state index is -1.41. The summed E-state index contributed by atoms with van der Waals surface area (Å²) in [6.45, 7) is 0.216. The van der Waals surface area contributed by atoms with Gasteiger partial charge in [-0.2, -0.15) is 5.10 Å². The predicted octanol–water partition coefficient (Wildman–Crippen LogP) is 1.46. The molecule has 6 nitrogen and oxygen atoms in total. The Bertz CT molecular complexity index is 931. The SMILES string of the molecule is O=C([O-])/C=C/C(=O)NCc1cn(-c2ccccc2)nc1-c1ccccc1. The van der Waals surface area contributed by atoms with Crippen LogP contribution >= 0.6 is 0 Å². The molecule has 0 radical (unpaired) electrons. The zero-order valence-electron chi connectivity index (χ0n) is 13.8. The van der Waals surface area contributed by atoms with E-state index in [0.29, 0.717) is 6.08 Å². The van der Waals surface area contributed by atoms with Gasteiger partial charge in [0.1, 0.15) is 0 Å². The van der Waals surface area contributed by atoms with E-state index in [2.05, 4.69) is 10.4 Å². The summed E-state index contributed by atoms with van der Waals surface area (Å²) in [6, 6.07) is 19.3. The summed E-state index contributed by atoms with van der Waals surface area (Å²) in [7, 11) is 0. The third-order valence-electron chi connectivity index (χ3n) is 3.68. The van der Waals surface area contributed by atoms with Crippen molar-refractivity contribution in [3.8, 4) is 16.9 Å². The summed E-state index contributed by atoms with van der Waals surface area (Å²) in [5, 5.41) is 17.7. The maximum Gasteiger partial charge on any atom is 0.244 e. The summed E-state index contributed by atoms with van der Waals surface area (Å²) < 4.78 is 1.75. The number of hydrogen-bond donors (Lipinski definition) is 1. The molecule has 0 atom stereocenters. The second kappa shape index (κ2) is 7.94. The number of rotatable bonds is 6.